The van der Waals surface area contributed by atoms with Gasteiger partial charge in [-0.3, -0.25) is 9.48 Å². The van der Waals surface area contributed by atoms with Gasteiger partial charge in [-0.1, -0.05) is 0 Å². The van der Waals surface area contributed by atoms with Crippen molar-refractivity contribution < 1.29 is 4.79 Å². The second kappa shape index (κ2) is 3.67. The Hall–Kier alpha value is -2.15. The molecule has 0 bridgehead atoms. The van der Waals surface area contributed by atoms with Crippen LogP contribution in [0.2, 0.25) is 0 Å². The number of thiazole rings is 1. The van der Waals surface area contributed by atoms with Gasteiger partial charge in [-0.05, 0) is 12.8 Å². The van der Waals surface area contributed by atoms with Crippen molar-refractivity contribution in [2.75, 3.05) is 0 Å². The van der Waals surface area contributed by atoms with Crippen LogP contribution in [0.3, 0.4) is 0 Å². The number of nitrogens with two attached hydrogens (primary N) is 1. The number of primary amides is 1. The molecule has 0 atom stereocenters. The molecule has 0 spiro atoms. The fourth-order valence-corrected chi connectivity index (χ4v) is 3.13. The van der Waals surface area contributed by atoms with Gasteiger partial charge < -0.3 is 5.73 Å². The van der Waals surface area contributed by atoms with Gasteiger partial charge >= 0.3 is 0 Å². The number of rotatable bonds is 3. The highest BCUT2D eigenvalue weighted by Gasteiger charge is 2.24. The second-order valence-electron chi connectivity index (χ2n) is 4.71. The number of hydrogen-bond donors (Lipinski definition) is 1. The lowest BCUT2D eigenvalue weighted by Gasteiger charge is -1.93. The second-order valence-corrected chi connectivity index (χ2v) is 5.74. The molecule has 0 aliphatic heterocycles. The SMILES string of the molecule is NC(=O)c1cnn2cc(-c3cnn(C4CC4)c3)sc12. The van der Waals surface area contributed by atoms with Crippen molar-refractivity contribution in [2.45, 2.75) is 18.9 Å². The van der Waals surface area contributed by atoms with Crippen molar-refractivity contribution in [2.24, 2.45) is 5.73 Å². The van der Waals surface area contributed by atoms with Crippen LogP contribution in [0.25, 0.3) is 15.3 Å². The van der Waals surface area contributed by atoms with Crippen LogP contribution in [0.4, 0.5) is 0 Å². The molecule has 3 aromatic heterocycles. The Labute approximate surface area is 112 Å². The van der Waals surface area contributed by atoms with Crippen LogP contribution >= 0.6 is 11.3 Å². The number of aromatic nitrogens is 4. The Kier molecular flexibility index (Phi) is 2.08. The molecule has 7 heteroatoms. The van der Waals surface area contributed by atoms with Gasteiger partial charge in [0, 0.05) is 18.0 Å². The largest absolute Gasteiger partial charge is 0.365 e. The number of fused-ring (bicyclic) bond motifs is 1. The molecule has 0 radical (unpaired) electrons. The molecule has 3 heterocycles. The van der Waals surface area contributed by atoms with Crippen molar-refractivity contribution in [1.29, 1.82) is 0 Å². The van der Waals surface area contributed by atoms with Crippen LogP contribution < -0.4 is 5.73 Å². The summed E-state index contributed by atoms with van der Waals surface area (Å²) in [6.07, 6.45) is 9.73. The van der Waals surface area contributed by atoms with Gasteiger partial charge in [-0.15, -0.1) is 11.3 Å². The van der Waals surface area contributed by atoms with E-state index in [1.54, 1.807) is 4.52 Å². The van der Waals surface area contributed by atoms with Crippen molar-refractivity contribution in [1.82, 2.24) is 19.4 Å². The minimum atomic E-state index is -0.447. The van der Waals surface area contributed by atoms with Gasteiger partial charge in [-0.2, -0.15) is 10.2 Å². The first kappa shape index (κ1) is 10.7. The van der Waals surface area contributed by atoms with E-state index in [2.05, 4.69) is 10.2 Å². The highest BCUT2D eigenvalue weighted by atomic mass is 32.1. The zero-order valence-corrected chi connectivity index (χ0v) is 10.8. The Morgan fingerprint density at radius 2 is 2.16 bits per heavy atom. The third kappa shape index (κ3) is 1.66. The summed E-state index contributed by atoms with van der Waals surface area (Å²) in [7, 11) is 0. The third-order valence-corrected chi connectivity index (χ3v) is 4.43. The lowest BCUT2D eigenvalue weighted by Crippen LogP contribution is -2.09. The highest BCUT2D eigenvalue weighted by molar-refractivity contribution is 7.21. The van der Waals surface area contributed by atoms with E-state index < -0.39 is 5.91 Å². The Balaban J connectivity index is 1.79. The molecule has 6 nitrogen and oxygen atoms in total. The number of carbonyl (C=O) groups is 1. The zero-order chi connectivity index (χ0) is 13.0. The summed E-state index contributed by atoms with van der Waals surface area (Å²) in [5, 5.41) is 8.51. The van der Waals surface area contributed by atoms with Crippen molar-refractivity contribution in [3.05, 3.63) is 30.4 Å². The van der Waals surface area contributed by atoms with E-state index in [1.807, 2.05) is 23.3 Å². The van der Waals surface area contributed by atoms with Crippen LogP contribution in [0.15, 0.2) is 24.8 Å². The van der Waals surface area contributed by atoms with Gasteiger partial charge in [0.05, 0.1) is 28.9 Å². The highest BCUT2D eigenvalue weighted by Crippen LogP contribution is 2.36. The molecule has 1 saturated carbocycles. The molecule has 1 aliphatic rings. The molecule has 1 fully saturated rings. The molecule has 19 heavy (non-hydrogen) atoms. The lowest BCUT2D eigenvalue weighted by atomic mass is 10.3. The smallest absolute Gasteiger partial charge is 0.253 e. The van der Waals surface area contributed by atoms with Crippen LogP contribution in [0.5, 0.6) is 0 Å². The maximum absolute atomic E-state index is 11.3. The molecular weight excluding hydrogens is 262 g/mol. The van der Waals surface area contributed by atoms with Crippen molar-refractivity contribution >= 4 is 22.1 Å². The number of carbonyl (C=O) groups excluding carboxylic acids is 1. The van der Waals surface area contributed by atoms with E-state index in [9.17, 15) is 4.79 Å². The first-order chi connectivity index (χ1) is 9.22. The van der Waals surface area contributed by atoms with Gasteiger partial charge in [0.2, 0.25) is 0 Å². The number of hydrogen-bond acceptors (Lipinski definition) is 4. The summed E-state index contributed by atoms with van der Waals surface area (Å²) in [4.78, 5) is 13.1. The average molecular weight is 273 g/mol. The molecule has 4 rings (SSSR count). The van der Waals surface area contributed by atoms with Crippen molar-refractivity contribution in [3.8, 4) is 10.4 Å². The molecule has 1 aliphatic carbocycles. The zero-order valence-electron chi connectivity index (χ0n) is 9.98. The monoisotopic (exact) mass is 273 g/mol. The minimum absolute atomic E-state index is 0.447. The summed E-state index contributed by atoms with van der Waals surface area (Å²) in [5.41, 5.74) is 6.84. The van der Waals surface area contributed by atoms with E-state index in [-0.39, 0.29) is 0 Å². The summed E-state index contributed by atoms with van der Waals surface area (Å²) in [6, 6.07) is 0.568. The molecular formula is C12H11N5OS. The molecule has 1 amide bonds. The fraction of sp³-hybridized carbons (Fsp3) is 0.250. The topological polar surface area (TPSA) is 78.2 Å². The van der Waals surface area contributed by atoms with Gasteiger partial charge in [0.25, 0.3) is 5.91 Å². The van der Waals surface area contributed by atoms with Gasteiger partial charge in [-0.25, -0.2) is 4.52 Å². The van der Waals surface area contributed by atoms with E-state index in [1.165, 1.54) is 30.4 Å². The molecule has 96 valence electrons. The predicted octanol–water partition coefficient (Wildman–Crippen LogP) is 1.69. The lowest BCUT2D eigenvalue weighted by molar-refractivity contribution is 0.100. The summed E-state index contributed by atoms with van der Waals surface area (Å²) >= 11 is 1.50. The van der Waals surface area contributed by atoms with E-state index in [0.717, 1.165) is 15.3 Å². The quantitative estimate of drug-likeness (QED) is 0.788. The first-order valence-electron chi connectivity index (χ1n) is 6.04. The van der Waals surface area contributed by atoms with Crippen molar-refractivity contribution in [3.63, 3.8) is 0 Å². The van der Waals surface area contributed by atoms with E-state index in [0.29, 0.717) is 11.6 Å². The molecule has 3 aromatic rings. The first-order valence-corrected chi connectivity index (χ1v) is 6.85. The summed E-state index contributed by atoms with van der Waals surface area (Å²) in [6.45, 7) is 0. The van der Waals surface area contributed by atoms with Gasteiger partial charge in [0.15, 0.2) is 0 Å². The maximum Gasteiger partial charge on any atom is 0.253 e. The van der Waals surface area contributed by atoms with Gasteiger partial charge in [0.1, 0.15) is 4.83 Å². The third-order valence-electron chi connectivity index (χ3n) is 3.27. The summed E-state index contributed by atoms with van der Waals surface area (Å²) < 4.78 is 3.70. The molecule has 0 aromatic carbocycles. The fourth-order valence-electron chi connectivity index (χ4n) is 2.09. The van der Waals surface area contributed by atoms with E-state index >= 15 is 0 Å². The number of nitrogens with zero attached hydrogens (tertiary/aromatic N) is 4. The standard InChI is InChI=1S/C12H11N5OS/c13-11(18)9-4-15-17-6-10(19-12(9)17)7-3-14-16(5-7)8-1-2-8/h3-6,8H,1-2H2,(H2,13,18). The molecule has 2 N–H and O–H groups in total. The van der Waals surface area contributed by atoms with Crippen LogP contribution in [0, 0.1) is 0 Å². The van der Waals surface area contributed by atoms with E-state index in [4.69, 9.17) is 5.73 Å². The normalized spacial score (nSPS) is 15.2. The van der Waals surface area contributed by atoms with Crippen LogP contribution in [-0.2, 0) is 0 Å². The predicted molar refractivity (Wildman–Crippen MR) is 71.1 cm³/mol. The Morgan fingerprint density at radius 3 is 2.89 bits per heavy atom. The average Bonchev–Trinajstić information content (AvgIpc) is 2.83. The molecule has 0 unspecified atom stereocenters. The molecule has 0 saturated heterocycles. The maximum atomic E-state index is 11.3. The minimum Gasteiger partial charge on any atom is -0.365 e. The van der Waals surface area contributed by atoms with Crippen LogP contribution in [0.1, 0.15) is 29.2 Å². The number of amides is 1. The Bertz CT molecular complexity index is 779. The summed E-state index contributed by atoms with van der Waals surface area (Å²) in [5.74, 6) is -0.447. The Morgan fingerprint density at radius 1 is 1.32 bits per heavy atom. The van der Waals surface area contributed by atoms with Crippen LogP contribution in [-0.4, -0.2) is 25.3 Å².